The summed E-state index contributed by atoms with van der Waals surface area (Å²) in [5.41, 5.74) is 0. The smallest absolute Gasteiger partial charge is 0.230 e. The Labute approximate surface area is 136 Å². The molecule has 2 heterocycles. The van der Waals surface area contributed by atoms with Crippen LogP contribution in [0.25, 0.3) is 0 Å². The standard InChI is InChI=1S/C12H16ClN5OS2/c1-8(2)6-18-12(15-16-17-18)20-7-11(19)14-5-9-3-4-10(13)21-9/h3-4,8H,5-7H2,1-2H3,(H,14,19). The van der Waals surface area contributed by atoms with Crippen LogP contribution < -0.4 is 5.32 Å². The topological polar surface area (TPSA) is 72.7 Å². The number of nitrogens with zero attached hydrogens (tertiary/aromatic N) is 4. The average Bonchev–Trinajstić information content (AvgIpc) is 3.02. The Balaban J connectivity index is 1.77. The Morgan fingerprint density at radius 1 is 1.52 bits per heavy atom. The van der Waals surface area contributed by atoms with Crippen molar-refractivity contribution in [2.45, 2.75) is 32.1 Å². The maximum Gasteiger partial charge on any atom is 0.230 e. The Kier molecular flexibility index (Phi) is 6.01. The third-order valence-electron chi connectivity index (χ3n) is 2.46. The first kappa shape index (κ1) is 16.3. The molecular formula is C12H16ClN5OS2. The summed E-state index contributed by atoms with van der Waals surface area (Å²) in [5.74, 6) is 0.686. The lowest BCUT2D eigenvalue weighted by molar-refractivity contribution is -0.118. The molecule has 0 atom stereocenters. The average molecular weight is 346 g/mol. The van der Waals surface area contributed by atoms with E-state index in [0.717, 1.165) is 15.8 Å². The maximum atomic E-state index is 11.8. The fourth-order valence-corrected chi connectivity index (χ4v) is 3.32. The number of rotatable bonds is 7. The van der Waals surface area contributed by atoms with Crippen molar-refractivity contribution in [3.05, 3.63) is 21.3 Å². The van der Waals surface area contributed by atoms with Crippen LogP contribution >= 0.6 is 34.7 Å². The molecule has 0 aromatic carbocycles. The van der Waals surface area contributed by atoms with Gasteiger partial charge in [0.1, 0.15) is 0 Å². The van der Waals surface area contributed by atoms with E-state index in [4.69, 9.17) is 11.6 Å². The number of carbonyl (C=O) groups is 1. The number of thioether (sulfide) groups is 1. The zero-order valence-electron chi connectivity index (χ0n) is 11.7. The quantitative estimate of drug-likeness (QED) is 0.780. The molecule has 0 spiro atoms. The monoisotopic (exact) mass is 345 g/mol. The van der Waals surface area contributed by atoms with Gasteiger partial charge in [0.15, 0.2) is 0 Å². The normalized spacial score (nSPS) is 11.0. The molecule has 21 heavy (non-hydrogen) atoms. The third kappa shape index (κ3) is 5.29. The van der Waals surface area contributed by atoms with Crippen LogP contribution in [-0.2, 0) is 17.9 Å². The van der Waals surface area contributed by atoms with Crippen LogP contribution in [0, 0.1) is 5.92 Å². The SMILES string of the molecule is CC(C)Cn1nnnc1SCC(=O)NCc1ccc(Cl)s1. The van der Waals surface area contributed by atoms with Gasteiger partial charge in [-0.05, 0) is 28.5 Å². The highest BCUT2D eigenvalue weighted by molar-refractivity contribution is 7.99. The number of amides is 1. The zero-order valence-corrected chi connectivity index (χ0v) is 14.1. The number of hydrogen-bond acceptors (Lipinski definition) is 6. The fraction of sp³-hybridized carbons (Fsp3) is 0.500. The number of tetrazole rings is 1. The van der Waals surface area contributed by atoms with Gasteiger partial charge in [-0.1, -0.05) is 37.2 Å². The number of nitrogens with one attached hydrogen (secondary N) is 1. The molecule has 0 fully saturated rings. The lowest BCUT2D eigenvalue weighted by Crippen LogP contribution is -2.24. The predicted molar refractivity (Wildman–Crippen MR) is 84.6 cm³/mol. The molecule has 2 rings (SSSR count). The van der Waals surface area contributed by atoms with E-state index in [1.807, 2.05) is 12.1 Å². The van der Waals surface area contributed by atoms with Crippen LogP contribution in [0.3, 0.4) is 0 Å². The molecule has 2 aromatic heterocycles. The summed E-state index contributed by atoms with van der Waals surface area (Å²) in [4.78, 5) is 12.8. The van der Waals surface area contributed by atoms with Crippen LogP contribution in [0.5, 0.6) is 0 Å². The first-order valence-electron chi connectivity index (χ1n) is 6.44. The van der Waals surface area contributed by atoms with Gasteiger partial charge in [0.2, 0.25) is 11.1 Å². The van der Waals surface area contributed by atoms with Crippen LogP contribution in [0.4, 0.5) is 0 Å². The first-order chi connectivity index (χ1) is 10.0. The number of aromatic nitrogens is 4. The Morgan fingerprint density at radius 3 is 3.00 bits per heavy atom. The lowest BCUT2D eigenvalue weighted by atomic mass is 10.2. The van der Waals surface area contributed by atoms with E-state index in [1.165, 1.54) is 23.1 Å². The summed E-state index contributed by atoms with van der Waals surface area (Å²) in [6.07, 6.45) is 0. The molecule has 0 saturated heterocycles. The van der Waals surface area contributed by atoms with E-state index in [1.54, 1.807) is 4.68 Å². The van der Waals surface area contributed by atoms with Gasteiger partial charge in [-0.2, -0.15) is 0 Å². The predicted octanol–water partition coefficient (Wildman–Crippen LogP) is 2.45. The van der Waals surface area contributed by atoms with Crippen molar-refractivity contribution in [3.8, 4) is 0 Å². The molecule has 0 radical (unpaired) electrons. The largest absolute Gasteiger partial charge is 0.350 e. The van der Waals surface area contributed by atoms with E-state index < -0.39 is 0 Å². The molecule has 114 valence electrons. The highest BCUT2D eigenvalue weighted by atomic mass is 35.5. The Morgan fingerprint density at radius 2 is 2.33 bits per heavy atom. The number of halogens is 1. The van der Waals surface area contributed by atoms with Crippen LogP contribution in [0.15, 0.2) is 17.3 Å². The molecule has 1 amide bonds. The van der Waals surface area contributed by atoms with Crippen molar-refractivity contribution in [2.24, 2.45) is 5.92 Å². The molecule has 0 unspecified atom stereocenters. The molecular weight excluding hydrogens is 330 g/mol. The summed E-state index contributed by atoms with van der Waals surface area (Å²) in [7, 11) is 0. The minimum Gasteiger partial charge on any atom is -0.350 e. The van der Waals surface area contributed by atoms with Crippen molar-refractivity contribution >= 4 is 40.6 Å². The lowest BCUT2D eigenvalue weighted by Gasteiger charge is -2.06. The molecule has 6 nitrogen and oxygen atoms in total. The van der Waals surface area contributed by atoms with Crippen molar-refractivity contribution in [3.63, 3.8) is 0 Å². The van der Waals surface area contributed by atoms with E-state index >= 15 is 0 Å². The van der Waals surface area contributed by atoms with Gasteiger partial charge in [-0.15, -0.1) is 16.4 Å². The van der Waals surface area contributed by atoms with Gasteiger partial charge in [0.05, 0.1) is 16.6 Å². The molecule has 0 bridgehead atoms. The second-order valence-corrected chi connectivity index (χ2v) is 7.55. The third-order valence-corrected chi connectivity index (χ3v) is 4.65. The van der Waals surface area contributed by atoms with Gasteiger partial charge in [0.25, 0.3) is 0 Å². The molecule has 0 aliphatic heterocycles. The van der Waals surface area contributed by atoms with E-state index in [2.05, 4.69) is 34.7 Å². The summed E-state index contributed by atoms with van der Waals surface area (Å²) < 4.78 is 2.45. The minimum absolute atomic E-state index is 0.0522. The highest BCUT2D eigenvalue weighted by Gasteiger charge is 2.11. The molecule has 9 heteroatoms. The molecule has 2 aromatic rings. The van der Waals surface area contributed by atoms with Crippen LogP contribution in [0.2, 0.25) is 4.34 Å². The molecule has 0 aliphatic carbocycles. The second kappa shape index (κ2) is 7.77. The zero-order chi connectivity index (χ0) is 15.2. The van der Waals surface area contributed by atoms with Crippen LogP contribution in [-0.4, -0.2) is 31.9 Å². The van der Waals surface area contributed by atoms with Crippen LogP contribution in [0.1, 0.15) is 18.7 Å². The van der Waals surface area contributed by atoms with Crippen molar-refractivity contribution in [1.82, 2.24) is 25.5 Å². The second-order valence-electron chi connectivity index (χ2n) is 4.81. The summed E-state index contributed by atoms with van der Waals surface area (Å²) in [6.45, 7) is 5.42. The van der Waals surface area contributed by atoms with Gasteiger partial charge in [0, 0.05) is 11.4 Å². The Bertz CT molecular complexity index is 598. The minimum atomic E-state index is -0.0522. The van der Waals surface area contributed by atoms with E-state index in [9.17, 15) is 4.79 Å². The van der Waals surface area contributed by atoms with E-state index in [0.29, 0.717) is 17.6 Å². The summed E-state index contributed by atoms with van der Waals surface area (Å²) >= 11 is 8.64. The molecule has 0 aliphatic rings. The maximum absolute atomic E-state index is 11.8. The van der Waals surface area contributed by atoms with Gasteiger partial charge in [-0.3, -0.25) is 4.79 Å². The highest BCUT2D eigenvalue weighted by Crippen LogP contribution is 2.21. The van der Waals surface area contributed by atoms with Gasteiger partial charge in [-0.25, -0.2) is 4.68 Å². The Hall–Kier alpha value is -1.12. The summed E-state index contributed by atoms with van der Waals surface area (Å²) in [5, 5.41) is 15.0. The molecule has 1 N–H and O–H groups in total. The van der Waals surface area contributed by atoms with E-state index in [-0.39, 0.29) is 11.7 Å². The molecule has 0 saturated carbocycles. The summed E-state index contributed by atoms with van der Waals surface area (Å²) in [6, 6.07) is 3.73. The van der Waals surface area contributed by atoms with Crippen molar-refractivity contribution in [2.75, 3.05) is 5.75 Å². The van der Waals surface area contributed by atoms with Crippen molar-refractivity contribution < 1.29 is 4.79 Å². The van der Waals surface area contributed by atoms with Crippen molar-refractivity contribution in [1.29, 1.82) is 0 Å². The van der Waals surface area contributed by atoms with Gasteiger partial charge >= 0.3 is 0 Å². The first-order valence-corrected chi connectivity index (χ1v) is 8.62. The fourth-order valence-electron chi connectivity index (χ4n) is 1.57. The van der Waals surface area contributed by atoms with Gasteiger partial charge < -0.3 is 5.32 Å². The number of thiophene rings is 1. The number of hydrogen-bond donors (Lipinski definition) is 1. The number of carbonyl (C=O) groups excluding carboxylic acids is 1.